The molecule has 1 N–H and O–H groups in total. The molecule has 0 unspecified atom stereocenters. The van der Waals surface area contributed by atoms with E-state index in [1.54, 1.807) is 18.2 Å². The normalized spacial score (nSPS) is 9.18. The summed E-state index contributed by atoms with van der Waals surface area (Å²) in [5, 5.41) is 6.73. The summed E-state index contributed by atoms with van der Waals surface area (Å²) in [6, 6.07) is 6.97. The number of nitrogens with one attached hydrogen (secondary N) is 1. The second kappa shape index (κ2) is 3.44. The molecule has 11 heavy (non-hydrogen) atoms. The standard InChI is InChI=1S/C8H6BrNO/c9-7-3-1-2-6(4-7)8(11)5-10/h1-5,10H. The lowest BCUT2D eigenvalue weighted by molar-refractivity contribution is 0.107. The summed E-state index contributed by atoms with van der Waals surface area (Å²) >= 11 is 3.23. The van der Waals surface area contributed by atoms with Crippen LogP contribution in [0.5, 0.6) is 0 Å². The van der Waals surface area contributed by atoms with E-state index >= 15 is 0 Å². The van der Waals surface area contributed by atoms with Crippen LogP contribution in [0.3, 0.4) is 0 Å². The van der Waals surface area contributed by atoms with Crippen molar-refractivity contribution < 1.29 is 4.79 Å². The predicted molar refractivity (Wildman–Crippen MR) is 47.3 cm³/mol. The van der Waals surface area contributed by atoms with Gasteiger partial charge in [0.1, 0.15) is 0 Å². The van der Waals surface area contributed by atoms with E-state index in [9.17, 15) is 4.79 Å². The molecule has 3 heteroatoms. The lowest BCUT2D eigenvalue weighted by Gasteiger charge is -1.93. The summed E-state index contributed by atoms with van der Waals surface area (Å²) in [6.07, 6.45) is 0.807. The zero-order valence-corrected chi connectivity index (χ0v) is 7.26. The summed E-state index contributed by atoms with van der Waals surface area (Å²) in [7, 11) is 0. The maximum Gasteiger partial charge on any atom is 0.203 e. The van der Waals surface area contributed by atoms with Crippen molar-refractivity contribution in [2.45, 2.75) is 0 Å². The summed E-state index contributed by atoms with van der Waals surface area (Å²) in [6.45, 7) is 0. The van der Waals surface area contributed by atoms with Gasteiger partial charge in [0, 0.05) is 10.0 Å². The Hall–Kier alpha value is -0.960. The van der Waals surface area contributed by atoms with Gasteiger partial charge in [-0.2, -0.15) is 0 Å². The van der Waals surface area contributed by atoms with Gasteiger partial charge in [-0.1, -0.05) is 28.1 Å². The summed E-state index contributed by atoms with van der Waals surface area (Å²) in [5.41, 5.74) is 0.536. The summed E-state index contributed by atoms with van der Waals surface area (Å²) in [4.78, 5) is 10.9. The number of carbonyl (C=O) groups excluding carboxylic acids is 1. The number of halogens is 1. The van der Waals surface area contributed by atoms with Gasteiger partial charge in [-0.25, -0.2) is 0 Å². The number of hydrogen-bond acceptors (Lipinski definition) is 2. The quantitative estimate of drug-likeness (QED) is 0.592. The van der Waals surface area contributed by atoms with Gasteiger partial charge in [0.05, 0.1) is 6.21 Å². The molecule has 0 aromatic heterocycles. The number of hydrogen-bond donors (Lipinski definition) is 1. The van der Waals surface area contributed by atoms with Crippen LogP contribution in [-0.4, -0.2) is 12.0 Å². The molecule has 56 valence electrons. The number of benzene rings is 1. The molecule has 0 bridgehead atoms. The molecule has 0 radical (unpaired) electrons. The fourth-order valence-electron chi connectivity index (χ4n) is 0.725. The Kier molecular flexibility index (Phi) is 2.54. The first-order valence-electron chi connectivity index (χ1n) is 3.04. The molecule has 1 aromatic rings. The first-order valence-corrected chi connectivity index (χ1v) is 3.83. The molecule has 0 saturated heterocycles. The molecule has 0 fully saturated rings. The maximum absolute atomic E-state index is 10.9. The third kappa shape index (κ3) is 1.98. The molecule has 0 heterocycles. The van der Waals surface area contributed by atoms with Crippen LogP contribution >= 0.6 is 15.9 Å². The molecule has 0 amide bonds. The molecule has 0 spiro atoms. The fourth-order valence-corrected chi connectivity index (χ4v) is 1.12. The van der Waals surface area contributed by atoms with E-state index in [2.05, 4.69) is 15.9 Å². The Morgan fingerprint density at radius 1 is 1.55 bits per heavy atom. The van der Waals surface area contributed by atoms with Crippen molar-refractivity contribution in [1.82, 2.24) is 0 Å². The van der Waals surface area contributed by atoms with Crippen LogP contribution in [0.4, 0.5) is 0 Å². The van der Waals surface area contributed by atoms with E-state index in [4.69, 9.17) is 5.41 Å². The first kappa shape index (κ1) is 8.14. The van der Waals surface area contributed by atoms with Crippen LogP contribution in [0, 0.1) is 5.41 Å². The van der Waals surface area contributed by atoms with Crippen molar-refractivity contribution in [3.63, 3.8) is 0 Å². The van der Waals surface area contributed by atoms with Gasteiger partial charge in [-0.3, -0.25) is 4.79 Å². The minimum absolute atomic E-state index is 0.272. The molecule has 1 rings (SSSR count). The van der Waals surface area contributed by atoms with E-state index in [0.29, 0.717) is 5.56 Å². The van der Waals surface area contributed by atoms with Gasteiger partial charge in [0.15, 0.2) is 0 Å². The highest BCUT2D eigenvalue weighted by molar-refractivity contribution is 9.10. The number of ketones is 1. The van der Waals surface area contributed by atoms with Crippen LogP contribution in [-0.2, 0) is 0 Å². The third-order valence-corrected chi connectivity index (χ3v) is 1.73. The summed E-state index contributed by atoms with van der Waals surface area (Å²) < 4.78 is 0.852. The van der Waals surface area contributed by atoms with Crippen LogP contribution in [0.25, 0.3) is 0 Å². The monoisotopic (exact) mass is 211 g/mol. The summed E-state index contributed by atoms with van der Waals surface area (Å²) in [5.74, 6) is -0.272. The van der Waals surface area contributed by atoms with Gasteiger partial charge in [-0.15, -0.1) is 0 Å². The molecule has 0 aliphatic heterocycles. The van der Waals surface area contributed by atoms with Crippen molar-refractivity contribution >= 4 is 27.9 Å². The van der Waals surface area contributed by atoms with E-state index in [-0.39, 0.29) is 5.78 Å². The maximum atomic E-state index is 10.9. The molecule has 0 atom stereocenters. The third-order valence-electron chi connectivity index (χ3n) is 1.24. The molecule has 0 aliphatic carbocycles. The SMILES string of the molecule is N=CC(=O)c1cccc(Br)c1. The van der Waals surface area contributed by atoms with E-state index < -0.39 is 0 Å². The molecule has 2 nitrogen and oxygen atoms in total. The topological polar surface area (TPSA) is 40.9 Å². The smallest absolute Gasteiger partial charge is 0.203 e. The lowest BCUT2D eigenvalue weighted by Crippen LogP contribution is -1.97. The highest BCUT2D eigenvalue weighted by Crippen LogP contribution is 2.11. The molecular formula is C8H6BrNO. The van der Waals surface area contributed by atoms with Crippen LogP contribution < -0.4 is 0 Å². The fraction of sp³-hybridized carbons (Fsp3) is 0. The lowest BCUT2D eigenvalue weighted by atomic mass is 10.1. The van der Waals surface area contributed by atoms with Crippen LogP contribution in [0.2, 0.25) is 0 Å². The largest absolute Gasteiger partial charge is 0.305 e. The van der Waals surface area contributed by atoms with E-state index in [1.807, 2.05) is 6.07 Å². The van der Waals surface area contributed by atoms with Crippen LogP contribution in [0.1, 0.15) is 10.4 Å². The van der Waals surface area contributed by atoms with Crippen molar-refractivity contribution in [2.75, 3.05) is 0 Å². The van der Waals surface area contributed by atoms with Gasteiger partial charge in [0.2, 0.25) is 5.78 Å². The molecule has 1 aromatic carbocycles. The first-order chi connectivity index (χ1) is 5.24. The number of rotatable bonds is 2. The molecule has 0 aliphatic rings. The van der Waals surface area contributed by atoms with Crippen LogP contribution in [0.15, 0.2) is 28.7 Å². The van der Waals surface area contributed by atoms with E-state index in [1.165, 1.54) is 0 Å². The Morgan fingerprint density at radius 2 is 2.27 bits per heavy atom. The van der Waals surface area contributed by atoms with Crippen molar-refractivity contribution in [2.24, 2.45) is 0 Å². The predicted octanol–water partition coefficient (Wildman–Crippen LogP) is 2.28. The van der Waals surface area contributed by atoms with E-state index in [0.717, 1.165) is 10.7 Å². The van der Waals surface area contributed by atoms with Crippen molar-refractivity contribution in [3.05, 3.63) is 34.3 Å². The second-order valence-corrected chi connectivity index (χ2v) is 2.93. The average Bonchev–Trinajstić information content (AvgIpc) is 2.03. The Balaban J connectivity index is 3.05. The highest BCUT2D eigenvalue weighted by atomic mass is 79.9. The second-order valence-electron chi connectivity index (χ2n) is 2.02. The Bertz CT molecular complexity index is 296. The molecular weight excluding hydrogens is 206 g/mol. The zero-order valence-electron chi connectivity index (χ0n) is 5.67. The Labute approximate surface area is 72.9 Å². The molecule has 0 saturated carbocycles. The highest BCUT2D eigenvalue weighted by Gasteiger charge is 2.00. The van der Waals surface area contributed by atoms with Gasteiger partial charge < -0.3 is 5.41 Å². The van der Waals surface area contributed by atoms with Gasteiger partial charge in [-0.05, 0) is 12.1 Å². The Morgan fingerprint density at radius 3 is 2.82 bits per heavy atom. The van der Waals surface area contributed by atoms with Gasteiger partial charge >= 0.3 is 0 Å². The van der Waals surface area contributed by atoms with Crippen molar-refractivity contribution in [1.29, 1.82) is 5.41 Å². The zero-order chi connectivity index (χ0) is 8.27. The average molecular weight is 212 g/mol. The van der Waals surface area contributed by atoms with Crippen molar-refractivity contribution in [3.8, 4) is 0 Å². The number of carbonyl (C=O) groups is 1. The minimum Gasteiger partial charge on any atom is -0.305 e. The van der Waals surface area contributed by atoms with Gasteiger partial charge in [0.25, 0.3) is 0 Å². The minimum atomic E-state index is -0.272. The number of Topliss-reactive ketones (excluding diaryl/α,β-unsaturated/α-hetero) is 1.